The molecule has 0 aliphatic heterocycles. The van der Waals surface area contributed by atoms with Gasteiger partial charge in [0.2, 0.25) is 0 Å². The minimum absolute atomic E-state index is 0.0954. The molecule has 3 nitrogen and oxygen atoms in total. The molecular weight excluding hydrogens is 261 g/mol. The first-order valence-electron chi connectivity index (χ1n) is 5.62. The van der Waals surface area contributed by atoms with Crippen molar-refractivity contribution in [3.8, 4) is 5.75 Å². The van der Waals surface area contributed by atoms with E-state index in [4.69, 9.17) is 28.9 Å². The quantitative estimate of drug-likeness (QED) is 0.795. The summed E-state index contributed by atoms with van der Waals surface area (Å²) < 4.78 is 0. The summed E-state index contributed by atoms with van der Waals surface area (Å²) in [5.41, 5.74) is 6.36. The fourth-order valence-corrected chi connectivity index (χ4v) is 2.61. The molecule has 5 heteroatoms. The Kier molecular flexibility index (Phi) is 3.83. The molecule has 2 rings (SSSR count). The van der Waals surface area contributed by atoms with Crippen molar-refractivity contribution >= 4 is 23.2 Å². The molecule has 0 spiro atoms. The fourth-order valence-electron chi connectivity index (χ4n) is 2.10. The van der Waals surface area contributed by atoms with E-state index in [2.05, 4.69) is 0 Å². The largest absolute Gasteiger partial charge is 0.506 e. The van der Waals surface area contributed by atoms with Gasteiger partial charge in [-0.1, -0.05) is 29.6 Å². The highest BCUT2D eigenvalue weighted by Crippen LogP contribution is 2.39. The zero-order valence-electron chi connectivity index (χ0n) is 9.24. The van der Waals surface area contributed by atoms with Gasteiger partial charge in [-0.3, -0.25) is 0 Å². The average Bonchev–Trinajstić information content (AvgIpc) is 2.19. The Labute approximate surface area is 110 Å². The Morgan fingerprint density at radius 2 is 1.94 bits per heavy atom. The molecule has 1 fully saturated rings. The van der Waals surface area contributed by atoms with Crippen LogP contribution in [0.3, 0.4) is 0 Å². The Morgan fingerprint density at radius 3 is 2.47 bits per heavy atom. The van der Waals surface area contributed by atoms with Gasteiger partial charge in [-0.15, -0.1) is 0 Å². The zero-order chi connectivity index (χ0) is 12.6. The summed E-state index contributed by atoms with van der Waals surface area (Å²) >= 11 is 11.7. The Balaban J connectivity index is 2.26. The summed E-state index contributed by atoms with van der Waals surface area (Å²) in [6.45, 7) is 0. The number of hydrogen-bond donors (Lipinski definition) is 3. The van der Waals surface area contributed by atoms with E-state index < -0.39 is 12.1 Å². The molecule has 0 bridgehead atoms. The van der Waals surface area contributed by atoms with Crippen LogP contribution in [0.25, 0.3) is 0 Å². The van der Waals surface area contributed by atoms with Gasteiger partial charge < -0.3 is 15.9 Å². The predicted molar refractivity (Wildman–Crippen MR) is 68.4 cm³/mol. The highest BCUT2D eigenvalue weighted by atomic mass is 35.5. The summed E-state index contributed by atoms with van der Waals surface area (Å²) in [7, 11) is 0. The highest BCUT2D eigenvalue weighted by molar-refractivity contribution is 6.35. The first kappa shape index (κ1) is 13.0. The van der Waals surface area contributed by atoms with Crippen molar-refractivity contribution in [3.05, 3.63) is 27.7 Å². The van der Waals surface area contributed by atoms with E-state index in [0.717, 1.165) is 19.3 Å². The number of phenols is 1. The topological polar surface area (TPSA) is 66.5 Å². The van der Waals surface area contributed by atoms with Crippen molar-refractivity contribution < 1.29 is 10.2 Å². The summed E-state index contributed by atoms with van der Waals surface area (Å²) in [6, 6.07) is 2.34. The van der Waals surface area contributed by atoms with Gasteiger partial charge in [0.05, 0.1) is 17.2 Å². The van der Waals surface area contributed by atoms with Crippen molar-refractivity contribution in [2.45, 2.75) is 31.4 Å². The van der Waals surface area contributed by atoms with E-state index in [1.165, 1.54) is 6.07 Å². The van der Waals surface area contributed by atoms with Crippen LogP contribution in [0.15, 0.2) is 12.1 Å². The van der Waals surface area contributed by atoms with Gasteiger partial charge in [-0.05, 0) is 30.9 Å². The molecule has 0 amide bonds. The Morgan fingerprint density at radius 1 is 1.29 bits per heavy atom. The van der Waals surface area contributed by atoms with E-state index >= 15 is 0 Å². The van der Waals surface area contributed by atoms with Gasteiger partial charge in [0.15, 0.2) is 0 Å². The molecule has 1 aliphatic carbocycles. The minimum Gasteiger partial charge on any atom is -0.506 e. The Bertz CT molecular complexity index is 421. The molecular formula is C12H15Cl2NO2. The summed E-state index contributed by atoms with van der Waals surface area (Å²) in [5, 5.41) is 20.5. The molecule has 17 heavy (non-hydrogen) atoms. The maximum Gasteiger partial charge on any atom is 0.139 e. The molecule has 2 atom stereocenters. The predicted octanol–water partition coefficient (Wildman–Crippen LogP) is 2.86. The summed E-state index contributed by atoms with van der Waals surface area (Å²) in [4.78, 5) is 0. The number of nitrogens with two attached hydrogens (primary N) is 1. The third-order valence-electron chi connectivity index (χ3n) is 3.42. The molecule has 1 saturated carbocycles. The van der Waals surface area contributed by atoms with E-state index in [0.29, 0.717) is 10.6 Å². The number of hydrogen-bond acceptors (Lipinski definition) is 3. The third kappa shape index (κ3) is 2.52. The maximum atomic E-state index is 10.1. The van der Waals surface area contributed by atoms with Crippen LogP contribution in [0, 0.1) is 5.92 Å². The van der Waals surface area contributed by atoms with E-state index in [-0.39, 0.29) is 16.7 Å². The lowest BCUT2D eigenvalue weighted by molar-refractivity contribution is 0.0408. The number of benzene rings is 1. The lowest BCUT2D eigenvalue weighted by Gasteiger charge is -2.34. The van der Waals surface area contributed by atoms with Crippen molar-refractivity contribution in [3.63, 3.8) is 0 Å². The number of rotatable bonds is 3. The number of aliphatic hydroxyl groups excluding tert-OH is 1. The molecule has 1 aromatic carbocycles. The molecule has 0 radical (unpaired) electrons. The second-order valence-electron chi connectivity index (χ2n) is 4.53. The van der Waals surface area contributed by atoms with Crippen LogP contribution < -0.4 is 5.73 Å². The first-order valence-corrected chi connectivity index (χ1v) is 6.38. The van der Waals surface area contributed by atoms with Gasteiger partial charge in [-0.2, -0.15) is 0 Å². The Hall–Kier alpha value is -0.480. The molecule has 1 aromatic rings. The standard InChI is InChI=1S/C12H15Cl2NO2/c13-7-4-8(12(17)9(14)5-7)10(15)11(16)6-2-1-3-6/h4-6,10-11,16-17H,1-3,15H2/t10-,11+/m0/s1. The normalized spacial score (nSPS) is 19.8. The van der Waals surface area contributed by atoms with Crippen LogP contribution in [0.1, 0.15) is 30.9 Å². The number of aromatic hydroxyl groups is 1. The fraction of sp³-hybridized carbons (Fsp3) is 0.500. The van der Waals surface area contributed by atoms with Crippen LogP contribution >= 0.6 is 23.2 Å². The van der Waals surface area contributed by atoms with Gasteiger partial charge in [0.1, 0.15) is 5.75 Å². The zero-order valence-corrected chi connectivity index (χ0v) is 10.7. The highest BCUT2D eigenvalue weighted by Gasteiger charge is 2.32. The number of halogens is 2. The first-order chi connectivity index (χ1) is 8.00. The van der Waals surface area contributed by atoms with Crippen molar-refractivity contribution in [1.29, 1.82) is 0 Å². The molecule has 4 N–H and O–H groups in total. The lowest BCUT2D eigenvalue weighted by atomic mass is 9.77. The molecule has 0 heterocycles. The molecule has 0 unspecified atom stereocenters. The van der Waals surface area contributed by atoms with Crippen LogP contribution in [0.2, 0.25) is 10.0 Å². The van der Waals surface area contributed by atoms with E-state index in [1.807, 2.05) is 0 Å². The molecule has 1 aliphatic rings. The molecule has 0 aromatic heterocycles. The van der Waals surface area contributed by atoms with Crippen LogP contribution in [-0.4, -0.2) is 16.3 Å². The van der Waals surface area contributed by atoms with Crippen LogP contribution in [-0.2, 0) is 0 Å². The van der Waals surface area contributed by atoms with E-state index in [1.54, 1.807) is 6.07 Å². The lowest BCUT2D eigenvalue weighted by Crippen LogP contribution is -2.36. The van der Waals surface area contributed by atoms with Gasteiger partial charge >= 0.3 is 0 Å². The SMILES string of the molecule is N[C@@H](c1cc(Cl)cc(Cl)c1O)[C@H](O)C1CCC1. The molecule has 94 valence electrons. The van der Waals surface area contributed by atoms with Crippen molar-refractivity contribution in [1.82, 2.24) is 0 Å². The van der Waals surface area contributed by atoms with Gasteiger partial charge in [0.25, 0.3) is 0 Å². The number of aliphatic hydroxyl groups is 1. The van der Waals surface area contributed by atoms with Crippen molar-refractivity contribution in [2.75, 3.05) is 0 Å². The smallest absolute Gasteiger partial charge is 0.139 e. The van der Waals surface area contributed by atoms with Gasteiger partial charge in [0, 0.05) is 10.6 Å². The summed E-state index contributed by atoms with van der Waals surface area (Å²) in [5.74, 6) is 0.115. The third-order valence-corrected chi connectivity index (χ3v) is 3.92. The van der Waals surface area contributed by atoms with Crippen LogP contribution in [0.5, 0.6) is 5.75 Å². The van der Waals surface area contributed by atoms with Crippen LogP contribution in [0.4, 0.5) is 0 Å². The second-order valence-corrected chi connectivity index (χ2v) is 5.38. The monoisotopic (exact) mass is 275 g/mol. The van der Waals surface area contributed by atoms with E-state index in [9.17, 15) is 10.2 Å². The second kappa shape index (κ2) is 5.02. The number of phenolic OH excluding ortho intramolecular Hbond substituents is 1. The van der Waals surface area contributed by atoms with Gasteiger partial charge in [-0.25, -0.2) is 0 Å². The van der Waals surface area contributed by atoms with Crippen molar-refractivity contribution in [2.24, 2.45) is 11.7 Å². The minimum atomic E-state index is -0.663. The average molecular weight is 276 g/mol. The summed E-state index contributed by atoms with van der Waals surface area (Å²) in [6.07, 6.45) is 2.41. The maximum absolute atomic E-state index is 10.1. The molecule has 0 saturated heterocycles.